The van der Waals surface area contributed by atoms with E-state index in [2.05, 4.69) is 19.0 Å². The summed E-state index contributed by atoms with van der Waals surface area (Å²) < 4.78 is 48.3. The maximum absolute atomic E-state index is 9.34. The van der Waals surface area contributed by atoms with E-state index in [1.165, 1.54) is 5.57 Å². The highest BCUT2D eigenvalue weighted by molar-refractivity contribution is 8.59. The van der Waals surface area contributed by atoms with Crippen LogP contribution in [-0.4, -0.2) is 53.9 Å². The number of hydrogen-bond acceptors (Lipinski definition) is 5. The molecule has 0 heterocycles. The molecule has 0 amide bonds. The second kappa shape index (κ2) is 10.4. The van der Waals surface area contributed by atoms with E-state index in [0.29, 0.717) is 0 Å². The highest BCUT2D eigenvalue weighted by Gasteiger charge is 2.10. The van der Waals surface area contributed by atoms with E-state index in [4.69, 9.17) is 13.8 Å². The van der Waals surface area contributed by atoms with Gasteiger partial charge in [-0.15, -0.1) is 0 Å². The fourth-order valence-corrected chi connectivity index (χ4v) is 0.690. The third kappa shape index (κ3) is 17.9. The molecule has 0 aliphatic carbocycles. The first-order chi connectivity index (χ1) is 8.07. The first-order valence-electron chi connectivity index (χ1n) is 5.06. The number of ether oxygens (including phenoxy) is 1. The van der Waals surface area contributed by atoms with Crippen molar-refractivity contribution in [3.05, 3.63) is 11.8 Å². The summed E-state index contributed by atoms with van der Waals surface area (Å²) >= 11 is 0. The van der Waals surface area contributed by atoms with Crippen LogP contribution in [0, 0.1) is 0 Å². The van der Waals surface area contributed by atoms with E-state index in [0.717, 1.165) is 19.6 Å². The molecule has 1 unspecified atom stereocenters. The van der Waals surface area contributed by atoms with E-state index in [1.807, 2.05) is 20.1 Å². The van der Waals surface area contributed by atoms with Gasteiger partial charge in [-0.25, -0.2) is 4.21 Å². The summed E-state index contributed by atoms with van der Waals surface area (Å²) in [4.78, 5) is 2.16. The van der Waals surface area contributed by atoms with Crippen molar-refractivity contribution in [2.45, 2.75) is 20.3 Å². The van der Waals surface area contributed by atoms with Crippen LogP contribution in [0.5, 0.6) is 0 Å². The van der Waals surface area contributed by atoms with Crippen LogP contribution in [-0.2, 0) is 24.0 Å². The Morgan fingerprint density at radius 3 is 2.11 bits per heavy atom. The molecule has 1 atom stereocenters. The van der Waals surface area contributed by atoms with Crippen LogP contribution in [0.4, 0.5) is 0 Å². The van der Waals surface area contributed by atoms with Crippen molar-refractivity contribution >= 4 is 19.3 Å². The van der Waals surface area contributed by atoms with Crippen molar-refractivity contribution in [1.29, 1.82) is 0 Å². The van der Waals surface area contributed by atoms with Gasteiger partial charge in [0.15, 0.2) is 0 Å². The molecule has 18 heavy (non-hydrogen) atoms. The molecule has 0 saturated heterocycles. The largest absolute Gasteiger partial charge is 0.501 e. The number of nitrogens with zero attached hydrogens (tertiary/aromatic N) is 1. The van der Waals surface area contributed by atoms with Gasteiger partial charge in [0.1, 0.15) is 0 Å². The lowest BCUT2D eigenvalue weighted by atomic mass is 10.4. The zero-order chi connectivity index (χ0) is 14.8. The topological polar surface area (TPSA) is 104 Å². The lowest BCUT2D eigenvalue weighted by Gasteiger charge is -2.08. The summed E-state index contributed by atoms with van der Waals surface area (Å²) in [7, 11) is -3.73. The normalized spacial score (nSPS) is 12.4. The molecule has 7 nitrogen and oxygen atoms in total. The van der Waals surface area contributed by atoms with Gasteiger partial charge in [-0.2, -0.15) is 8.42 Å². The molecule has 0 saturated carbocycles. The molecule has 0 fully saturated rings. The van der Waals surface area contributed by atoms with Gasteiger partial charge >= 0.3 is 19.3 Å². The fourth-order valence-electron chi connectivity index (χ4n) is 0.690. The Balaban J connectivity index is 0. The Morgan fingerprint density at radius 2 is 1.83 bits per heavy atom. The molecular weight excluding hydrogens is 282 g/mol. The molecule has 0 aliphatic rings. The molecule has 0 spiro atoms. The standard InChI is InChI=1S/C9H19NO.H2O5S2/c1-9(2)8-11-7-5-6-10(3)4;1-6(2)7(3,4)5/h8H,5-7H2,1-4H3;(H,1,2)(H,3,4,5). The molecule has 2 N–H and O–H groups in total. The van der Waals surface area contributed by atoms with Crippen LogP contribution in [0.15, 0.2) is 11.8 Å². The van der Waals surface area contributed by atoms with Gasteiger partial charge in [0.25, 0.3) is 0 Å². The zero-order valence-electron chi connectivity index (χ0n) is 11.0. The minimum Gasteiger partial charge on any atom is -0.501 e. The van der Waals surface area contributed by atoms with Crippen molar-refractivity contribution < 1.29 is 26.5 Å². The van der Waals surface area contributed by atoms with E-state index in [9.17, 15) is 12.6 Å². The molecule has 0 aromatic carbocycles. The van der Waals surface area contributed by atoms with Crippen molar-refractivity contribution in [2.24, 2.45) is 0 Å². The van der Waals surface area contributed by atoms with Crippen molar-refractivity contribution in [3.63, 3.8) is 0 Å². The minimum absolute atomic E-state index is 0.823. The zero-order valence-corrected chi connectivity index (χ0v) is 12.6. The molecular formula is C9H21NO6S2. The summed E-state index contributed by atoms with van der Waals surface area (Å²) in [6.07, 6.45) is 2.91. The summed E-state index contributed by atoms with van der Waals surface area (Å²) in [5.74, 6) is 0. The fraction of sp³-hybridized carbons (Fsp3) is 0.778. The van der Waals surface area contributed by atoms with Gasteiger partial charge < -0.3 is 9.64 Å². The average Bonchev–Trinajstić information content (AvgIpc) is 2.15. The predicted octanol–water partition coefficient (Wildman–Crippen LogP) is 0.889. The Bertz CT molecular complexity index is 359. The van der Waals surface area contributed by atoms with Crippen molar-refractivity contribution in [2.75, 3.05) is 27.2 Å². The highest BCUT2D eigenvalue weighted by atomic mass is 33.2. The van der Waals surface area contributed by atoms with E-state index >= 15 is 0 Å². The third-order valence-corrected chi connectivity index (χ3v) is 2.81. The maximum Gasteiger partial charge on any atom is 0.373 e. The predicted molar refractivity (Wildman–Crippen MR) is 70.9 cm³/mol. The van der Waals surface area contributed by atoms with Crippen LogP contribution in [0.2, 0.25) is 0 Å². The smallest absolute Gasteiger partial charge is 0.373 e. The van der Waals surface area contributed by atoms with Crippen LogP contribution in [0.1, 0.15) is 20.3 Å². The Morgan fingerprint density at radius 1 is 1.39 bits per heavy atom. The second-order valence-electron chi connectivity index (χ2n) is 3.87. The second-order valence-corrected chi connectivity index (χ2v) is 7.28. The Labute approximate surface area is 110 Å². The number of rotatable bonds is 6. The van der Waals surface area contributed by atoms with Gasteiger partial charge in [0.05, 0.1) is 12.9 Å². The summed E-state index contributed by atoms with van der Waals surface area (Å²) in [5, 5.41) is 0. The van der Waals surface area contributed by atoms with Gasteiger partial charge in [-0.3, -0.25) is 9.11 Å². The van der Waals surface area contributed by atoms with Crippen LogP contribution in [0.3, 0.4) is 0 Å². The Hall–Kier alpha value is -0.480. The Kier molecular flexibility index (Phi) is 11.5. The molecule has 0 aliphatic heterocycles. The molecule has 110 valence electrons. The molecule has 0 aromatic rings. The molecule has 9 heteroatoms. The van der Waals surface area contributed by atoms with E-state index in [-0.39, 0.29) is 0 Å². The molecule has 0 aromatic heterocycles. The van der Waals surface area contributed by atoms with Gasteiger partial charge in [0.2, 0.25) is 0 Å². The van der Waals surface area contributed by atoms with Gasteiger partial charge in [0, 0.05) is 6.54 Å². The van der Waals surface area contributed by atoms with Crippen LogP contribution < -0.4 is 0 Å². The third-order valence-electron chi connectivity index (χ3n) is 1.37. The van der Waals surface area contributed by atoms with Crippen LogP contribution >= 0.6 is 0 Å². The average molecular weight is 303 g/mol. The molecule has 0 bridgehead atoms. The van der Waals surface area contributed by atoms with Gasteiger partial charge in [-0.05, 0) is 39.9 Å². The summed E-state index contributed by atoms with van der Waals surface area (Å²) in [5.41, 5.74) is 1.22. The van der Waals surface area contributed by atoms with E-state index in [1.54, 1.807) is 0 Å². The molecule has 0 rings (SSSR count). The number of allylic oxidation sites excluding steroid dienone is 1. The van der Waals surface area contributed by atoms with Gasteiger partial charge in [-0.1, -0.05) is 0 Å². The van der Waals surface area contributed by atoms with Crippen molar-refractivity contribution in [3.8, 4) is 0 Å². The summed E-state index contributed by atoms with van der Waals surface area (Å²) in [6, 6.07) is 0. The summed E-state index contributed by atoms with van der Waals surface area (Å²) in [6.45, 7) is 5.98. The first kappa shape index (κ1) is 19.9. The monoisotopic (exact) mass is 303 g/mol. The highest BCUT2D eigenvalue weighted by Crippen LogP contribution is 1.91. The lowest BCUT2D eigenvalue weighted by Crippen LogP contribution is -2.14. The number of hydrogen-bond donors (Lipinski definition) is 2. The quantitative estimate of drug-likeness (QED) is 0.247. The SMILES string of the molecule is CC(C)=COCCCN(C)C.O=S(O)S(=O)(=O)O. The van der Waals surface area contributed by atoms with Crippen molar-refractivity contribution in [1.82, 2.24) is 4.90 Å². The minimum atomic E-state index is -4.71. The van der Waals surface area contributed by atoms with Crippen LogP contribution in [0.25, 0.3) is 0 Å². The first-order valence-corrected chi connectivity index (χ1v) is 8.12. The molecule has 0 radical (unpaired) electrons. The van der Waals surface area contributed by atoms with E-state index < -0.39 is 19.3 Å². The lowest BCUT2D eigenvalue weighted by molar-refractivity contribution is 0.226. The maximum atomic E-state index is 9.34.